The van der Waals surface area contributed by atoms with Crippen LogP contribution in [0.1, 0.15) is 50.5 Å². The first kappa shape index (κ1) is 27.4. The predicted molar refractivity (Wildman–Crippen MR) is 139 cm³/mol. The number of methoxy groups -OCH3 is 2. The number of likely N-dealkylation sites (tertiary alicyclic amines) is 1. The maximum absolute atomic E-state index is 13.7. The van der Waals surface area contributed by atoms with Crippen molar-refractivity contribution in [2.45, 2.75) is 63.8 Å². The van der Waals surface area contributed by atoms with E-state index in [0.717, 1.165) is 10.9 Å². The van der Waals surface area contributed by atoms with Crippen LogP contribution in [0.2, 0.25) is 0 Å². The molecule has 38 heavy (non-hydrogen) atoms. The van der Waals surface area contributed by atoms with Crippen molar-refractivity contribution in [3.05, 3.63) is 30.0 Å². The molecular weight excluding hydrogens is 492 g/mol. The number of nitrogens with one attached hydrogen (secondary N) is 3. The Morgan fingerprint density at radius 2 is 1.97 bits per heavy atom. The van der Waals surface area contributed by atoms with Crippen LogP contribution in [-0.2, 0) is 23.9 Å². The Kier molecular flexibility index (Phi) is 7.96. The third-order valence-corrected chi connectivity index (χ3v) is 6.91. The molecule has 3 heterocycles. The SMILES string of the molecule is COC(=O)C(CC1CCNC1=O)NC(=O)[C@@H]1C[C@@H](OC(C)(C)C)CN1C(=O)c1cc2c(OC)cccc2[nH]1. The number of hydrogen-bond acceptors (Lipinski definition) is 7. The number of benzene rings is 1. The van der Waals surface area contributed by atoms with Crippen LogP contribution in [0.25, 0.3) is 10.9 Å². The number of hydrogen-bond donors (Lipinski definition) is 3. The lowest BCUT2D eigenvalue weighted by Gasteiger charge is -2.26. The summed E-state index contributed by atoms with van der Waals surface area (Å²) in [6.07, 6.45) is 0.567. The zero-order chi connectivity index (χ0) is 27.6. The molecule has 11 heteroatoms. The Bertz CT molecular complexity index is 1220. The molecule has 11 nitrogen and oxygen atoms in total. The number of H-pyrrole nitrogens is 1. The number of aromatic amines is 1. The molecule has 2 saturated heterocycles. The number of rotatable bonds is 8. The van der Waals surface area contributed by atoms with Gasteiger partial charge in [-0.3, -0.25) is 14.4 Å². The van der Waals surface area contributed by atoms with Crippen molar-refractivity contribution in [1.29, 1.82) is 0 Å². The van der Waals surface area contributed by atoms with Crippen molar-refractivity contribution in [2.75, 3.05) is 27.3 Å². The molecule has 0 radical (unpaired) electrons. The summed E-state index contributed by atoms with van der Waals surface area (Å²) in [5.74, 6) is -1.44. The third kappa shape index (κ3) is 5.93. The van der Waals surface area contributed by atoms with Crippen LogP contribution < -0.4 is 15.4 Å². The minimum Gasteiger partial charge on any atom is -0.496 e. The largest absolute Gasteiger partial charge is 0.496 e. The Balaban J connectivity index is 1.58. The van der Waals surface area contributed by atoms with Gasteiger partial charge >= 0.3 is 5.97 Å². The first-order valence-electron chi connectivity index (χ1n) is 12.8. The third-order valence-electron chi connectivity index (χ3n) is 6.91. The molecule has 2 fully saturated rings. The molecule has 1 aromatic heterocycles. The molecule has 0 saturated carbocycles. The van der Waals surface area contributed by atoms with E-state index in [1.165, 1.54) is 12.0 Å². The van der Waals surface area contributed by atoms with Crippen molar-refractivity contribution in [2.24, 2.45) is 5.92 Å². The average molecular weight is 529 g/mol. The smallest absolute Gasteiger partial charge is 0.328 e. The maximum atomic E-state index is 13.7. The molecule has 0 spiro atoms. The number of fused-ring (bicyclic) bond motifs is 1. The zero-order valence-electron chi connectivity index (χ0n) is 22.5. The van der Waals surface area contributed by atoms with Gasteiger partial charge in [-0.2, -0.15) is 0 Å². The van der Waals surface area contributed by atoms with Gasteiger partial charge in [0, 0.05) is 36.3 Å². The number of amides is 3. The van der Waals surface area contributed by atoms with Crippen LogP contribution in [-0.4, -0.2) is 84.7 Å². The normalized spacial score (nSPS) is 22.3. The monoisotopic (exact) mass is 528 g/mol. The topological polar surface area (TPSA) is 139 Å². The first-order valence-corrected chi connectivity index (χ1v) is 12.8. The van der Waals surface area contributed by atoms with Crippen molar-refractivity contribution in [3.63, 3.8) is 0 Å². The minimum atomic E-state index is -1.02. The van der Waals surface area contributed by atoms with Gasteiger partial charge in [-0.15, -0.1) is 0 Å². The van der Waals surface area contributed by atoms with E-state index >= 15 is 0 Å². The fraction of sp³-hybridized carbons (Fsp3) is 0.556. The van der Waals surface area contributed by atoms with Crippen LogP contribution in [0.5, 0.6) is 5.75 Å². The molecule has 4 atom stereocenters. The molecule has 1 aromatic carbocycles. The van der Waals surface area contributed by atoms with Gasteiger partial charge < -0.3 is 34.7 Å². The predicted octanol–water partition coefficient (Wildman–Crippen LogP) is 1.76. The van der Waals surface area contributed by atoms with E-state index in [0.29, 0.717) is 24.4 Å². The van der Waals surface area contributed by atoms with Crippen LogP contribution >= 0.6 is 0 Å². The minimum absolute atomic E-state index is 0.120. The molecular formula is C27H36N4O7. The second-order valence-electron chi connectivity index (χ2n) is 10.8. The fourth-order valence-corrected chi connectivity index (χ4v) is 5.21. The summed E-state index contributed by atoms with van der Waals surface area (Å²) >= 11 is 0. The maximum Gasteiger partial charge on any atom is 0.328 e. The van der Waals surface area contributed by atoms with Crippen molar-refractivity contribution in [3.8, 4) is 5.75 Å². The van der Waals surface area contributed by atoms with Crippen LogP contribution in [0.4, 0.5) is 0 Å². The molecule has 2 aliphatic heterocycles. The highest BCUT2D eigenvalue weighted by Crippen LogP contribution is 2.30. The van der Waals surface area contributed by atoms with E-state index in [-0.39, 0.29) is 37.3 Å². The molecule has 2 aromatic rings. The van der Waals surface area contributed by atoms with Gasteiger partial charge in [-0.05, 0) is 51.8 Å². The lowest BCUT2D eigenvalue weighted by Crippen LogP contribution is -2.51. The number of carbonyl (C=O) groups is 4. The molecule has 0 bridgehead atoms. The average Bonchev–Trinajstić information content (AvgIpc) is 3.59. The van der Waals surface area contributed by atoms with E-state index < -0.39 is 35.5 Å². The van der Waals surface area contributed by atoms with E-state index in [9.17, 15) is 19.2 Å². The zero-order valence-corrected chi connectivity index (χ0v) is 22.5. The molecule has 2 unspecified atom stereocenters. The molecule has 3 amide bonds. The number of esters is 1. The molecule has 3 N–H and O–H groups in total. The van der Waals surface area contributed by atoms with Gasteiger partial charge in [-0.25, -0.2) is 4.79 Å². The number of nitrogens with zero attached hydrogens (tertiary/aromatic N) is 1. The second-order valence-corrected chi connectivity index (χ2v) is 10.8. The van der Waals surface area contributed by atoms with Gasteiger partial charge in [0.05, 0.1) is 25.9 Å². The van der Waals surface area contributed by atoms with E-state index in [4.69, 9.17) is 14.2 Å². The van der Waals surface area contributed by atoms with Crippen molar-refractivity contribution < 1.29 is 33.4 Å². The standard InChI is InChI=1S/C27H36N4O7/c1-27(2,3)38-16-12-21(24(33)30-20(26(35)37-5)11-15-9-10-28-23(15)32)31(14-16)25(34)19-13-17-18(29-19)7-6-8-22(17)36-4/h6-8,13,15-16,20-21,29H,9-12,14H2,1-5H3,(H,28,32)(H,30,33)/t15?,16-,20?,21+/m1/s1. The van der Waals surface area contributed by atoms with Gasteiger partial charge in [0.15, 0.2) is 0 Å². The Morgan fingerprint density at radius 1 is 1.21 bits per heavy atom. The van der Waals surface area contributed by atoms with Gasteiger partial charge in [0.25, 0.3) is 5.91 Å². The summed E-state index contributed by atoms with van der Waals surface area (Å²) in [6, 6.07) is 5.28. The van der Waals surface area contributed by atoms with Crippen molar-refractivity contribution in [1.82, 2.24) is 20.5 Å². The quantitative estimate of drug-likeness (QED) is 0.444. The highest BCUT2D eigenvalue weighted by molar-refractivity contribution is 6.02. The number of carbonyl (C=O) groups excluding carboxylic acids is 4. The number of ether oxygens (including phenoxy) is 3. The lowest BCUT2D eigenvalue weighted by atomic mass is 9.98. The van der Waals surface area contributed by atoms with Crippen LogP contribution in [0.15, 0.2) is 24.3 Å². The fourth-order valence-electron chi connectivity index (χ4n) is 5.21. The van der Waals surface area contributed by atoms with Gasteiger partial charge in [0.1, 0.15) is 23.5 Å². The molecule has 0 aliphatic carbocycles. The summed E-state index contributed by atoms with van der Waals surface area (Å²) < 4.78 is 16.5. The molecule has 4 rings (SSSR count). The number of aromatic nitrogens is 1. The lowest BCUT2D eigenvalue weighted by molar-refractivity contribution is -0.146. The van der Waals surface area contributed by atoms with E-state index in [1.54, 1.807) is 19.2 Å². The molecule has 206 valence electrons. The van der Waals surface area contributed by atoms with Gasteiger partial charge in [0.2, 0.25) is 11.8 Å². The Hall–Kier alpha value is -3.60. The first-order chi connectivity index (χ1) is 18.0. The van der Waals surface area contributed by atoms with Gasteiger partial charge in [-0.1, -0.05) is 6.07 Å². The summed E-state index contributed by atoms with van der Waals surface area (Å²) in [5.41, 5.74) is 0.561. The highest BCUT2D eigenvalue weighted by atomic mass is 16.5. The van der Waals surface area contributed by atoms with Crippen molar-refractivity contribution >= 4 is 34.6 Å². The summed E-state index contributed by atoms with van der Waals surface area (Å²) in [4.78, 5) is 56.5. The summed E-state index contributed by atoms with van der Waals surface area (Å²) in [5, 5.41) is 6.24. The molecule has 2 aliphatic rings. The van der Waals surface area contributed by atoms with E-state index in [2.05, 4.69) is 15.6 Å². The van der Waals surface area contributed by atoms with Crippen LogP contribution in [0.3, 0.4) is 0 Å². The highest BCUT2D eigenvalue weighted by Gasteiger charge is 2.43. The summed E-state index contributed by atoms with van der Waals surface area (Å²) in [7, 11) is 2.80. The van der Waals surface area contributed by atoms with E-state index in [1.807, 2.05) is 32.9 Å². The second kappa shape index (κ2) is 11.0. The Labute approximate surface area is 221 Å². The summed E-state index contributed by atoms with van der Waals surface area (Å²) in [6.45, 7) is 6.47. The Morgan fingerprint density at radius 3 is 2.61 bits per heavy atom. The van der Waals surface area contributed by atoms with Crippen LogP contribution in [0, 0.1) is 5.92 Å².